The molecule has 0 fully saturated rings. The van der Waals surface area contributed by atoms with E-state index in [0.717, 1.165) is 28.8 Å². The molecular weight excluding hydrogens is 238 g/mol. The third-order valence-corrected chi connectivity index (χ3v) is 3.53. The number of anilines is 1. The Kier molecular flexibility index (Phi) is 4.22. The van der Waals surface area contributed by atoms with E-state index in [1.807, 2.05) is 24.4 Å². The van der Waals surface area contributed by atoms with Crippen LogP contribution in [0.4, 0.5) is 5.82 Å². The molecule has 0 saturated carbocycles. The molecule has 0 bridgehead atoms. The molecule has 4 heteroatoms. The minimum Gasteiger partial charge on any atom is -0.497 e. The predicted molar refractivity (Wildman–Crippen MR) is 79.8 cm³/mol. The van der Waals surface area contributed by atoms with Gasteiger partial charge in [-0.25, -0.2) is 4.98 Å². The SMILES string of the molecule is COc1ccc2c(N(C)C(C)CCN)nccc2c1. The van der Waals surface area contributed by atoms with Crippen molar-refractivity contribution in [2.45, 2.75) is 19.4 Å². The second-order valence-corrected chi connectivity index (χ2v) is 4.76. The number of hydrogen-bond acceptors (Lipinski definition) is 4. The van der Waals surface area contributed by atoms with Crippen molar-refractivity contribution < 1.29 is 4.74 Å². The van der Waals surface area contributed by atoms with Gasteiger partial charge in [-0.3, -0.25) is 0 Å². The molecule has 4 nitrogen and oxygen atoms in total. The third-order valence-electron chi connectivity index (χ3n) is 3.53. The molecule has 0 aliphatic carbocycles. The molecule has 2 aromatic rings. The van der Waals surface area contributed by atoms with Gasteiger partial charge in [0.2, 0.25) is 0 Å². The molecule has 1 unspecified atom stereocenters. The lowest BCUT2D eigenvalue weighted by Crippen LogP contribution is -2.31. The maximum absolute atomic E-state index is 5.63. The molecular formula is C15H21N3O. The van der Waals surface area contributed by atoms with Crippen LogP contribution in [-0.2, 0) is 0 Å². The summed E-state index contributed by atoms with van der Waals surface area (Å²) < 4.78 is 5.26. The fraction of sp³-hybridized carbons (Fsp3) is 0.400. The molecule has 19 heavy (non-hydrogen) atoms. The number of pyridine rings is 1. The number of ether oxygens (including phenoxy) is 1. The monoisotopic (exact) mass is 259 g/mol. The first-order valence-corrected chi connectivity index (χ1v) is 6.53. The zero-order valence-corrected chi connectivity index (χ0v) is 11.8. The first kappa shape index (κ1) is 13.6. The summed E-state index contributed by atoms with van der Waals surface area (Å²) in [5, 5.41) is 2.27. The van der Waals surface area contributed by atoms with Crippen molar-refractivity contribution in [3.8, 4) is 5.75 Å². The molecule has 102 valence electrons. The van der Waals surface area contributed by atoms with Crippen molar-refractivity contribution in [2.24, 2.45) is 5.73 Å². The van der Waals surface area contributed by atoms with Crippen LogP contribution in [0.3, 0.4) is 0 Å². The molecule has 1 heterocycles. The lowest BCUT2D eigenvalue weighted by molar-refractivity contribution is 0.415. The average Bonchev–Trinajstić information content (AvgIpc) is 2.45. The quantitative estimate of drug-likeness (QED) is 0.896. The van der Waals surface area contributed by atoms with Crippen LogP contribution in [-0.4, -0.2) is 31.7 Å². The smallest absolute Gasteiger partial charge is 0.136 e. The molecule has 0 spiro atoms. The van der Waals surface area contributed by atoms with Crippen molar-refractivity contribution in [3.63, 3.8) is 0 Å². The van der Waals surface area contributed by atoms with E-state index in [0.29, 0.717) is 12.6 Å². The first-order valence-electron chi connectivity index (χ1n) is 6.53. The minimum absolute atomic E-state index is 0.366. The number of nitrogens with two attached hydrogens (primary N) is 1. The van der Waals surface area contributed by atoms with E-state index >= 15 is 0 Å². The van der Waals surface area contributed by atoms with Gasteiger partial charge in [-0.05, 0) is 49.5 Å². The normalized spacial score (nSPS) is 12.4. The Balaban J connectivity index is 2.43. The van der Waals surface area contributed by atoms with Gasteiger partial charge >= 0.3 is 0 Å². The Morgan fingerprint density at radius 2 is 2.16 bits per heavy atom. The molecule has 0 radical (unpaired) electrons. The number of nitrogens with zero attached hydrogens (tertiary/aromatic N) is 2. The number of rotatable bonds is 5. The molecule has 2 N–H and O–H groups in total. The number of aromatic nitrogens is 1. The number of benzene rings is 1. The molecule has 0 amide bonds. The van der Waals surface area contributed by atoms with E-state index in [2.05, 4.69) is 29.9 Å². The summed E-state index contributed by atoms with van der Waals surface area (Å²) in [5.41, 5.74) is 5.63. The van der Waals surface area contributed by atoms with Crippen molar-refractivity contribution in [1.82, 2.24) is 4.98 Å². The lowest BCUT2D eigenvalue weighted by Gasteiger charge is -2.26. The van der Waals surface area contributed by atoms with Gasteiger partial charge in [0.25, 0.3) is 0 Å². The first-order chi connectivity index (χ1) is 9.17. The fourth-order valence-corrected chi connectivity index (χ4v) is 2.19. The Morgan fingerprint density at radius 1 is 1.37 bits per heavy atom. The fourth-order valence-electron chi connectivity index (χ4n) is 2.19. The summed E-state index contributed by atoms with van der Waals surface area (Å²) >= 11 is 0. The highest BCUT2D eigenvalue weighted by Gasteiger charge is 2.13. The topological polar surface area (TPSA) is 51.4 Å². The summed E-state index contributed by atoms with van der Waals surface area (Å²) in [5.74, 6) is 1.85. The summed E-state index contributed by atoms with van der Waals surface area (Å²) in [6.07, 6.45) is 2.79. The predicted octanol–water partition coefficient (Wildman–Crippen LogP) is 2.42. The highest BCUT2D eigenvalue weighted by Crippen LogP contribution is 2.28. The van der Waals surface area contributed by atoms with E-state index in [-0.39, 0.29) is 0 Å². The number of fused-ring (bicyclic) bond motifs is 1. The maximum Gasteiger partial charge on any atom is 0.136 e. The van der Waals surface area contributed by atoms with Gasteiger partial charge in [0.1, 0.15) is 11.6 Å². The van der Waals surface area contributed by atoms with Crippen molar-refractivity contribution >= 4 is 16.6 Å². The maximum atomic E-state index is 5.63. The lowest BCUT2D eigenvalue weighted by atomic mass is 10.1. The highest BCUT2D eigenvalue weighted by molar-refractivity contribution is 5.93. The van der Waals surface area contributed by atoms with Crippen LogP contribution in [0.25, 0.3) is 10.8 Å². The van der Waals surface area contributed by atoms with E-state index in [1.54, 1.807) is 7.11 Å². The van der Waals surface area contributed by atoms with Gasteiger partial charge in [-0.15, -0.1) is 0 Å². The summed E-state index contributed by atoms with van der Waals surface area (Å²) in [6.45, 7) is 2.85. The Morgan fingerprint density at radius 3 is 2.84 bits per heavy atom. The van der Waals surface area contributed by atoms with Crippen molar-refractivity contribution in [2.75, 3.05) is 25.6 Å². The van der Waals surface area contributed by atoms with Gasteiger partial charge in [0.05, 0.1) is 7.11 Å². The Bertz CT molecular complexity index is 556. The highest BCUT2D eigenvalue weighted by atomic mass is 16.5. The van der Waals surface area contributed by atoms with Crippen LogP contribution < -0.4 is 15.4 Å². The van der Waals surface area contributed by atoms with E-state index in [9.17, 15) is 0 Å². The second-order valence-electron chi connectivity index (χ2n) is 4.76. The number of hydrogen-bond donors (Lipinski definition) is 1. The van der Waals surface area contributed by atoms with E-state index in [4.69, 9.17) is 10.5 Å². The standard InChI is InChI=1S/C15H21N3O/c1-11(6-8-16)18(2)15-14-5-4-13(19-3)10-12(14)7-9-17-15/h4-5,7,9-11H,6,8,16H2,1-3H3. The average molecular weight is 259 g/mol. The summed E-state index contributed by atoms with van der Waals surface area (Å²) in [6, 6.07) is 8.42. The Hall–Kier alpha value is -1.81. The zero-order valence-electron chi connectivity index (χ0n) is 11.8. The van der Waals surface area contributed by atoms with Gasteiger partial charge in [-0.2, -0.15) is 0 Å². The van der Waals surface area contributed by atoms with Gasteiger partial charge in [0.15, 0.2) is 0 Å². The molecule has 1 aromatic carbocycles. The van der Waals surface area contributed by atoms with Crippen molar-refractivity contribution in [3.05, 3.63) is 30.5 Å². The molecule has 1 aromatic heterocycles. The largest absolute Gasteiger partial charge is 0.497 e. The molecule has 0 aliphatic heterocycles. The minimum atomic E-state index is 0.366. The zero-order chi connectivity index (χ0) is 13.8. The van der Waals surface area contributed by atoms with Crippen LogP contribution in [0.15, 0.2) is 30.5 Å². The Labute approximate surface area is 114 Å². The molecule has 2 rings (SSSR count). The number of methoxy groups -OCH3 is 1. The summed E-state index contributed by atoms with van der Waals surface area (Å²) in [4.78, 5) is 6.69. The molecule has 0 aliphatic rings. The molecule has 0 saturated heterocycles. The van der Waals surface area contributed by atoms with Gasteiger partial charge < -0.3 is 15.4 Å². The second kappa shape index (κ2) is 5.89. The molecule has 1 atom stereocenters. The van der Waals surface area contributed by atoms with E-state index in [1.165, 1.54) is 0 Å². The summed E-state index contributed by atoms with van der Waals surface area (Å²) in [7, 11) is 3.74. The van der Waals surface area contributed by atoms with Crippen molar-refractivity contribution in [1.29, 1.82) is 0 Å². The van der Waals surface area contributed by atoms with Crippen LogP contribution in [0, 0.1) is 0 Å². The van der Waals surface area contributed by atoms with E-state index < -0.39 is 0 Å². The van der Waals surface area contributed by atoms with Crippen LogP contribution in [0.1, 0.15) is 13.3 Å². The third kappa shape index (κ3) is 2.79. The van der Waals surface area contributed by atoms with Gasteiger partial charge in [-0.1, -0.05) is 0 Å². The van der Waals surface area contributed by atoms with Crippen LogP contribution in [0.2, 0.25) is 0 Å². The van der Waals surface area contributed by atoms with Crippen LogP contribution in [0.5, 0.6) is 5.75 Å². The van der Waals surface area contributed by atoms with Gasteiger partial charge in [0, 0.05) is 24.7 Å². The van der Waals surface area contributed by atoms with Crippen LogP contribution >= 0.6 is 0 Å².